The Morgan fingerprint density at radius 2 is 1.80 bits per heavy atom. The van der Waals surface area contributed by atoms with Gasteiger partial charge in [0.15, 0.2) is 0 Å². The van der Waals surface area contributed by atoms with Crippen LogP contribution in [0.15, 0.2) is 39.0 Å². The molecule has 7 nitrogen and oxygen atoms in total. The number of carbonyl (C=O) groups excluding carboxylic acids is 1. The van der Waals surface area contributed by atoms with Crippen LogP contribution in [0, 0.1) is 6.92 Å². The molecule has 0 fully saturated rings. The minimum absolute atomic E-state index is 0.0749. The van der Waals surface area contributed by atoms with Gasteiger partial charge in [-0.05, 0) is 23.5 Å². The third-order valence-corrected chi connectivity index (χ3v) is 3.77. The van der Waals surface area contributed by atoms with Gasteiger partial charge in [0, 0.05) is 11.3 Å². The molecular formula is C18H22N4O3. The molecule has 0 bridgehead atoms. The lowest BCUT2D eigenvalue weighted by Gasteiger charge is -2.18. The first-order valence-electron chi connectivity index (χ1n) is 7.91. The van der Waals surface area contributed by atoms with Crippen molar-refractivity contribution >= 4 is 12.1 Å². The van der Waals surface area contributed by atoms with E-state index < -0.39 is 17.2 Å². The molecule has 1 aromatic carbocycles. The lowest BCUT2D eigenvalue weighted by molar-refractivity contribution is -0.120. The Morgan fingerprint density at radius 1 is 1.16 bits per heavy atom. The van der Waals surface area contributed by atoms with Crippen LogP contribution in [0.1, 0.15) is 43.2 Å². The van der Waals surface area contributed by atoms with Gasteiger partial charge in [0.1, 0.15) is 0 Å². The summed E-state index contributed by atoms with van der Waals surface area (Å²) in [6.45, 7) is 7.98. The summed E-state index contributed by atoms with van der Waals surface area (Å²) in [6, 6.07) is 7.89. The number of hydrogen-bond acceptors (Lipinski definition) is 4. The molecule has 7 heteroatoms. The Morgan fingerprint density at radius 3 is 2.36 bits per heavy atom. The number of hydrogen-bond donors (Lipinski definition) is 3. The van der Waals surface area contributed by atoms with Gasteiger partial charge in [-0.2, -0.15) is 5.10 Å². The average molecular weight is 342 g/mol. The number of H-pyrrole nitrogens is 2. The molecule has 2 aromatic rings. The van der Waals surface area contributed by atoms with Crippen molar-refractivity contribution in [2.75, 3.05) is 0 Å². The van der Waals surface area contributed by atoms with Gasteiger partial charge in [-0.3, -0.25) is 14.6 Å². The summed E-state index contributed by atoms with van der Waals surface area (Å²) in [5, 5.41) is 3.90. The second kappa shape index (κ2) is 7.29. The van der Waals surface area contributed by atoms with Crippen LogP contribution in [0.25, 0.3) is 0 Å². The molecule has 132 valence electrons. The molecule has 0 aliphatic rings. The molecule has 0 radical (unpaired) electrons. The molecule has 0 aliphatic carbocycles. The second-order valence-electron chi connectivity index (χ2n) is 6.85. The number of aromatic nitrogens is 2. The topological polar surface area (TPSA) is 107 Å². The van der Waals surface area contributed by atoms with E-state index in [1.54, 1.807) is 6.92 Å². The van der Waals surface area contributed by atoms with Crippen LogP contribution in [0.5, 0.6) is 0 Å². The molecule has 0 saturated carbocycles. The molecule has 0 unspecified atom stereocenters. The van der Waals surface area contributed by atoms with Gasteiger partial charge in [0.25, 0.3) is 5.56 Å². The molecular weight excluding hydrogens is 320 g/mol. The van der Waals surface area contributed by atoms with Gasteiger partial charge in [-0.1, -0.05) is 45.0 Å². The van der Waals surface area contributed by atoms with Crippen LogP contribution in [0.2, 0.25) is 0 Å². The van der Waals surface area contributed by atoms with Crippen molar-refractivity contribution in [3.63, 3.8) is 0 Å². The van der Waals surface area contributed by atoms with Gasteiger partial charge in [0.05, 0.1) is 12.6 Å². The van der Waals surface area contributed by atoms with Crippen molar-refractivity contribution < 1.29 is 4.79 Å². The minimum atomic E-state index is -0.594. The summed E-state index contributed by atoms with van der Waals surface area (Å²) >= 11 is 0. The summed E-state index contributed by atoms with van der Waals surface area (Å²) in [7, 11) is 0. The quantitative estimate of drug-likeness (QED) is 0.577. The van der Waals surface area contributed by atoms with E-state index >= 15 is 0 Å². The van der Waals surface area contributed by atoms with Gasteiger partial charge in [-0.25, -0.2) is 10.2 Å². The highest BCUT2D eigenvalue weighted by Crippen LogP contribution is 2.21. The van der Waals surface area contributed by atoms with Crippen molar-refractivity contribution in [1.82, 2.24) is 15.4 Å². The Balaban J connectivity index is 1.99. The van der Waals surface area contributed by atoms with Crippen LogP contribution in [-0.2, 0) is 16.6 Å². The van der Waals surface area contributed by atoms with Gasteiger partial charge >= 0.3 is 5.69 Å². The average Bonchev–Trinajstić information content (AvgIpc) is 2.50. The smallest absolute Gasteiger partial charge is 0.311 e. The summed E-state index contributed by atoms with van der Waals surface area (Å²) < 4.78 is 0. The van der Waals surface area contributed by atoms with E-state index in [-0.39, 0.29) is 17.4 Å². The summed E-state index contributed by atoms with van der Waals surface area (Å²) in [5.41, 5.74) is 3.93. The van der Waals surface area contributed by atoms with E-state index in [9.17, 15) is 14.4 Å². The highest BCUT2D eigenvalue weighted by Gasteiger charge is 2.13. The molecule has 1 heterocycles. The molecule has 3 N–H and O–H groups in total. The lowest BCUT2D eigenvalue weighted by atomic mass is 9.87. The van der Waals surface area contributed by atoms with Crippen LogP contribution in [0.3, 0.4) is 0 Å². The number of rotatable bonds is 4. The van der Waals surface area contributed by atoms with Crippen molar-refractivity contribution in [3.8, 4) is 0 Å². The standard InChI is InChI=1S/C18H22N4O3/c1-11-14(16(24)21-17(25)20-11)9-15(23)22-19-10-12-5-7-13(8-6-12)18(2,3)4/h5-8,10H,9H2,1-4H3,(H,22,23)(H2,20,21,24,25)/b19-10-. The highest BCUT2D eigenvalue weighted by molar-refractivity contribution is 5.83. The zero-order valence-corrected chi connectivity index (χ0v) is 14.8. The van der Waals surface area contributed by atoms with Crippen LogP contribution in [0.4, 0.5) is 0 Å². The number of hydrazone groups is 1. The van der Waals surface area contributed by atoms with E-state index in [4.69, 9.17) is 0 Å². The molecule has 0 atom stereocenters. The fraction of sp³-hybridized carbons (Fsp3) is 0.333. The third-order valence-electron chi connectivity index (χ3n) is 3.77. The zero-order valence-electron chi connectivity index (χ0n) is 14.8. The highest BCUT2D eigenvalue weighted by atomic mass is 16.2. The maximum absolute atomic E-state index is 11.9. The van der Waals surface area contributed by atoms with E-state index in [0.717, 1.165) is 5.56 Å². The van der Waals surface area contributed by atoms with Crippen LogP contribution >= 0.6 is 0 Å². The number of aromatic amines is 2. The number of amides is 1. The molecule has 0 aliphatic heterocycles. The second-order valence-corrected chi connectivity index (χ2v) is 6.85. The third kappa shape index (κ3) is 5.00. The SMILES string of the molecule is Cc1[nH]c(=O)[nH]c(=O)c1CC(=O)N/N=C\c1ccc(C(C)(C)C)cc1. The number of benzene rings is 1. The predicted molar refractivity (Wildman–Crippen MR) is 97.0 cm³/mol. The van der Waals surface area contributed by atoms with Crippen molar-refractivity contribution in [2.24, 2.45) is 5.10 Å². The lowest BCUT2D eigenvalue weighted by Crippen LogP contribution is -2.30. The van der Waals surface area contributed by atoms with Crippen molar-refractivity contribution in [3.05, 3.63) is 67.5 Å². The Labute approximate surface area is 145 Å². The minimum Gasteiger partial charge on any atom is -0.311 e. The number of nitrogens with zero attached hydrogens (tertiary/aromatic N) is 1. The molecule has 1 amide bonds. The van der Waals surface area contributed by atoms with E-state index in [1.807, 2.05) is 24.3 Å². The number of carbonyl (C=O) groups is 1. The maximum Gasteiger partial charge on any atom is 0.325 e. The van der Waals surface area contributed by atoms with Crippen molar-refractivity contribution in [2.45, 2.75) is 39.5 Å². The van der Waals surface area contributed by atoms with Crippen LogP contribution < -0.4 is 16.7 Å². The zero-order chi connectivity index (χ0) is 18.6. The molecule has 1 aromatic heterocycles. The fourth-order valence-electron chi connectivity index (χ4n) is 2.29. The monoisotopic (exact) mass is 342 g/mol. The predicted octanol–water partition coefficient (Wildman–Crippen LogP) is 1.36. The Kier molecular flexibility index (Phi) is 5.36. The maximum atomic E-state index is 11.9. The first-order valence-corrected chi connectivity index (χ1v) is 7.91. The van der Waals surface area contributed by atoms with Gasteiger partial charge < -0.3 is 4.98 Å². The van der Waals surface area contributed by atoms with Gasteiger partial charge in [-0.15, -0.1) is 0 Å². The summed E-state index contributed by atoms with van der Waals surface area (Å²) in [5.74, 6) is -0.441. The number of aryl methyl sites for hydroxylation is 1. The Bertz CT molecular complexity index is 900. The van der Waals surface area contributed by atoms with Crippen LogP contribution in [-0.4, -0.2) is 22.1 Å². The fourth-order valence-corrected chi connectivity index (χ4v) is 2.29. The van der Waals surface area contributed by atoms with Gasteiger partial charge in [0.2, 0.25) is 5.91 Å². The largest absolute Gasteiger partial charge is 0.325 e. The van der Waals surface area contributed by atoms with E-state index in [0.29, 0.717) is 5.69 Å². The number of nitrogens with one attached hydrogen (secondary N) is 3. The van der Waals surface area contributed by atoms with E-state index in [2.05, 4.69) is 41.3 Å². The van der Waals surface area contributed by atoms with Crippen molar-refractivity contribution in [1.29, 1.82) is 0 Å². The summed E-state index contributed by atoms with van der Waals surface area (Å²) in [6.07, 6.45) is 1.37. The molecule has 2 rings (SSSR count). The molecule has 0 spiro atoms. The molecule has 25 heavy (non-hydrogen) atoms. The summed E-state index contributed by atoms with van der Waals surface area (Å²) in [4.78, 5) is 39.3. The first-order chi connectivity index (χ1) is 11.7. The first kappa shape index (κ1) is 18.4. The Hall–Kier alpha value is -2.96. The normalized spacial score (nSPS) is 11.7. The molecule has 0 saturated heterocycles. The van der Waals surface area contributed by atoms with E-state index in [1.165, 1.54) is 11.8 Å².